The smallest absolute Gasteiger partial charge is 0.310 e. The number of hydrogen-bond donors (Lipinski definition) is 0. The van der Waals surface area contributed by atoms with Crippen molar-refractivity contribution < 1.29 is 14.3 Å². The lowest BCUT2D eigenvalue weighted by molar-refractivity contribution is -0.149. The normalized spacial score (nSPS) is 18.6. The number of carbonyl (C=O) groups is 2. The Labute approximate surface area is 138 Å². The van der Waals surface area contributed by atoms with Crippen LogP contribution in [0.25, 0.3) is 0 Å². The molecule has 1 heterocycles. The number of rotatable bonds is 3. The number of nitrogens with zero attached hydrogens (tertiary/aromatic N) is 1. The van der Waals surface area contributed by atoms with Crippen LogP contribution < -0.4 is 0 Å². The third kappa shape index (κ3) is 4.34. The van der Waals surface area contributed by atoms with Crippen molar-refractivity contribution in [2.75, 3.05) is 19.7 Å². The van der Waals surface area contributed by atoms with Crippen LogP contribution in [0.2, 0.25) is 0 Å². The third-order valence-electron chi connectivity index (χ3n) is 4.33. The van der Waals surface area contributed by atoms with Gasteiger partial charge in [0.25, 0.3) is 5.91 Å². The third-order valence-corrected chi connectivity index (χ3v) is 4.33. The maximum atomic E-state index is 12.7. The van der Waals surface area contributed by atoms with Crippen LogP contribution in [0.4, 0.5) is 0 Å². The standard InChI is InChI=1S/C19H27NO3/c1-5-23-18(22)15-7-6-12-20(13-15)17(21)14-8-10-16(11-9-14)19(2,3)4/h8-11,15H,5-7,12-13H2,1-4H3/t15-/m1/s1. The van der Waals surface area contributed by atoms with E-state index in [1.807, 2.05) is 24.3 Å². The van der Waals surface area contributed by atoms with Gasteiger partial charge in [0.05, 0.1) is 12.5 Å². The van der Waals surface area contributed by atoms with Gasteiger partial charge in [0.15, 0.2) is 0 Å². The minimum atomic E-state index is -0.193. The Morgan fingerprint density at radius 3 is 2.43 bits per heavy atom. The summed E-state index contributed by atoms with van der Waals surface area (Å²) in [6.07, 6.45) is 1.64. The van der Waals surface area contributed by atoms with E-state index in [0.717, 1.165) is 12.8 Å². The number of carbonyl (C=O) groups excluding carboxylic acids is 2. The Kier molecular flexibility index (Phi) is 5.45. The fourth-order valence-corrected chi connectivity index (χ4v) is 2.91. The molecule has 0 aromatic heterocycles. The van der Waals surface area contributed by atoms with Crippen molar-refractivity contribution in [1.82, 2.24) is 4.90 Å². The Balaban J connectivity index is 2.06. The fourth-order valence-electron chi connectivity index (χ4n) is 2.91. The highest BCUT2D eigenvalue weighted by atomic mass is 16.5. The number of piperidine rings is 1. The van der Waals surface area contributed by atoms with Crippen LogP contribution in [-0.2, 0) is 14.9 Å². The lowest BCUT2D eigenvalue weighted by Gasteiger charge is -2.31. The molecule has 4 heteroatoms. The minimum absolute atomic E-state index is 0.000502. The van der Waals surface area contributed by atoms with E-state index in [1.165, 1.54) is 5.56 Å². The SMILES string of the molecule is CCOC(=O)[C@@H]1CCCN(C(=O)c2ccc(C(C)(C)C)cc2)C1. The van der Waals surface area contributed by atoms with E-state index in [2.05, 4.69) is 20.8 Å². The van der Waals surface area contributed by atoms with E-state index in [-0.39, 0.29) is 23.2 Å². The molecule has 1 aromatic carbocycles. The number of hydrogen-bond acceptors (Lipinski definition) is 3. The first-order valence-electron chi connectivity index (χ1n) is 8.39. The van der Waals surface area contributed by atoms with Crippen LogP contribution in [0.3, 0.4) is 0 Å². The van der Waals surface area contributed by atoms with Crippen molar-refractivity contribution >= 4 is 11.9 Å². The van der Waals surface area contributed by atoms with Crippen molar-refractivity contribution in [3.8, 4) is 0 Å². The zero-order chi connectivity index (χ0) is 17.0. The van der Waals surface area contributed by atoms with Crippen molar-refractivity contribution in [3.63, 3.8) is 0 Å². The molecule has 4 nitrogen and oxygen atoms in total. The Morgan fingerprint density at radius 2 is 1.87 bits per heavy atom. The molecule has 0 spiro atoms. The van der Waals surface area contributed by atoms with E-state index in [9.17, 15) is 9.59 Å². The molecular weight excluding hydrogens is 290 g/mol. The second-order valence-corrected chi connectivity index (χ2v) is 7.17. The number of likely N-dealkylation sites (tertiary alicyclic amines) is 1. The molecule has 1 aromatic rings. The summed E-state index contributed by atoms with van der Waals surface area (Å²) >= 11 is 0. The topological polar surface area (TPSA) is 46.6 Å². The molecule has 0 saturated carbocycles. The van der Waals surface area contributed by atoms with E-state index in [4.69, 9.17) is 4.74 Å². The van der Waals surface area contributed by atoms with E-state index >= 15 is 0 Å². The molecule has 1 amide bonds. The summed E-state index contributed by atoms with van der Waals surface area (Å²) in [5.41, 5.74) is 1.96. The van der Waals surface area contributed by atoms with Gasteiger partial charge in [0.2, 0.25) is 0 Å². The molecule has 1 fully saturated rings. The van der Waals surface area contributed by atoms with Gasteiger partial charge in [-0.3, -0.25) is 9.59 Å². The zero-order valence-electron chi connectivity index (χ0n) is 14.6. The van der Waals surface area contributed by atoms with Crippen LogP contribution in [0, 0.1) is 5.92 Å². The molecule has 0 unspecified atom stereocenters. The Bertz CT molecular complexity index is 557. The first-order valence-corrected chi connectivity index (χ1v) is 8.39. The van der Waals surface area contributed by atoms with Gasteiger partial charge in [0, 0.05) is 18.7 Å². The summed E-state index contributed by atoms with van der Waals surface area (Å²) in [5, 5.41) is 0. The predicted octanol–water partition coefficient (Wildman–Crippen LogP) is 3.40. The minimum Gasteiger partial charge on any atom is -0.466 e. The quantitative estimate of drug-likeness (QED) is 0.803. The Morgan fingerprint density at radius 1 is 1.22 bits per heavy atom. The molecule has 0 radical (unpaired) electrons. The number of benzene rings is 1. The summed E-state index contributed by atoms with van der Waals surface area (Å²) in [4.78, 5) is 26.3. The average Bonchev–Trinajstić information content (AvgIpc) is 2.54. The molecule has 0 bridgehead atoms. The first-order chi connectivity index (χ1) is 10.8. The van der Waals surface area contributed by atoms with E-state index in [1.54, 1.807) is 11.8 Å². The Hall–Kier alpha value is -1.84. The monoisotopic (exact) mass is 317 g/mol. The second kappa shape index (κ2) is 7.16. The second-order valence-electron chi connectivity index (χ2n) is 7.17. The summed E-state index contributed by atoms with van der Waals surface area (Å²) in [6.45, 7) is 9.81. The molecule has 126 valence electrons. The highest BCUT2D eigenvalue weighted by Gasteiger charge is 2.29. The molecule has 2 rings (SSSR count). The maximum absolute atomic E-state index is 12.7. The molecule has 0 aliphatic carbocycles. The van der Waals surface area contributed by atoms with Gasteiger partial charge >= 0.3 is 5.97 Å². The van der Waals surface area contributed by atoms with Crippen LogP contribution in [0.5, 0.6) is 0 Å². The summed E-state index contributed by atoms with van der Waals surface area (Å²) in [6, 6.07) is 7.80. The maximum Gasteiger partial charge on any atom is 0.310 e. The summed E-state index contributed by atoms with van der Waals surface area (Å²) in [5.74, 6) is -0.381. The van der Waals surface area contributed by atoms with Crippen molar-refractivity contribution in [3.05, 3.63) is 35.4 Å². The molecule has 1 aliphatic heterocycles. The number of amides is 1. The number of ether oxygens (including phenoxy) is 1. The number of esters is 1. The molecule has 23 heavy (non-hydrogen) atoms. The lowest BCUT2D eigenvalue weighted by atomic mass is 9.86. The molecule has 1 aliphatic rings. The highest BCUT2D eigenvalue weighted by Crippen LogP contribution is 2.24. The van der Waals surface area contributed by atoms with E-state index in [0.29, 0.717) is 25.3 Å². The van der Waals surface area contributed by atoms with Gasteiger partial charge in [-0.2, -0.15) is 0 Å². The van der Waals surface area contributed by atoms with Crippen LogP contribution in [0.1, 0.15) is 56.5 Å². The van der Waals surface area contributed by atoms with Gasteiger partial charge in [-0.25, -0.2) is 0 Å². The van der Waals surface area contributed by atoms with Crippen LogP contribution >= 0.6 is 0 Å². The van der Waals surface area contributed by atoms with Gasteiger partial charge in [0.1, 0.15) is 0 Å². The highest BCUT2D eigenvalue weighted by molar-refractivity contribution is 5.94. The van der Waals surface area contributed by atoms with Crippen LogP contribution in [0.15, 0.2) is 24.3 Å². The molecule has 1 atom stereocenters. The van der Waals surface area contributed by atoms with Gasteiger partial charge in [-0.1, -0.05) is 32.9 Å². The van der Waals surface area contributed by atoms with Crippen molar-refractivity contribution in [2.45, 2.75) is 46.0 Å². The first kappa shape index (κ1) is 17.5. The van der Waals surface area contributed by atoms with Crippen molar-refractivity contribution in [2.24, 2.45) is 5.92 Å². The van der Waals surface area contributed by atoms with Gasteiger partial charge in [-0.15, -0.1) is 0 Å². The molecular formula is C19H27NO3. The van der Waals surface area contributed by atoms with Gasteiger partial charge in [-0.05, 0) is 42.9 Å². The van der Waals surface area contributed by atoms with Crippen molar-refractivity contribution in [1.29, 1.82) is 0 Å². The summed E-state index contributed by atoms with van der Waals surface area (Å²) in [7, 11) is 0. The molecule has 0 N–H and O–H groups in total. The molecule has 1 saturated heterocycles. The van der Waals surface area contributed by atoms with Gasteiger partial charge < -0.3 is 9.64 Å². The largest absolute Gasteiger partial charge is 0.466 e. The fraction of sp³-hybridized carbons (Fsp3) is 0.579. The lowest BCUT2D eigenvalue weighted by Crippen LogP contribution is -2.42. The zero-order valence-corrected chi connectivity index (χ0v) is 14.6. The van der Waals surface area contributed by atoms with Crippen LogP contribution in [-0.4, -0.2) is 36.5 Å². The average molecular weight is 317 g/mol. The predicted molar refractivity (Wildman–Crippen MR) is 90.4 cm³/mol. The van der Waals surface area contributed by atoms with E-state index < -0.39 is 0 Å². The summed E-state index contributed by atoms with van der Waals surface area (Å²) < 4.78 is 5.09.